The van der Waals surface area contributed by atoms with Gasteiger partial charge >= 0.3 is 0 Å². The molecule has 0 saturated carbocycles. The van der Waals surface area contributed by atoms with Crippen LogP contribution in [0.4, 0.5) is 0 Å². The highest BCUT2D eigenvalue weighted by atomic mass is 32.2. The van der Waals surface area contributed by atoms with Crippen molar-refractivity contribution < 1.29 is 4.79 Å². The van der Waals surface area contributed by atoms with E-state index >= 15 is 0 Å². The second kappa shape index (κ2) is 8.21. The third-order valence-electron chi connectivity index (χ3n) is 2.81. The zero-order valence-corrected chi connectivity index (χ0v) is 12.6. The smallest absolute Gasteiger partial charge is 0.252 e. The number of nitrogens with zero attached hydrogens (tertiary/aromatic N) is 2. The molecule has 0 aliphatic rings. The molecule has 0 unspecified atom stereocenters. The summed E-state index contributed by atoms with van der Waals surface area (Å²) in [5, 5.41) is 3.80. The number of carbonyl (C=O) groups is 1. The van der Waals surface area contributed by atoms with Gasteiger partial charge in [0.15, 0.2) is 0 Å². The SMILES string of the molecule is C[C@@H](SCc1ccccc1)C(=O)N/N=C\c1ccncc1. The molecule has 0 fully saturated rings. The Morgan fingerprint density at radius 3 is 2.71 bits per heavy atom. The predicted octanol–water partition coefficient (Wildman–Crippen LogP) is 2.85. The van der Waals surface area contributed by atoms with Crippen LogP contribution < -0.4 is 5.43 Å². The number of carbonyl (C=O) groups excluding carboxylic acids is 1. The third-order valence-corrected chi connectivity index (χ3v) is 4.02. The fourth-order valence-electron chi connectivity index (χ4n) is 1.58. The first-order chi connectivity index (χ1) is 10.3. The van der Waals surface area contributed by atoms with Crippen LogP contribution in [-0.4, -0.2) is 22.4 Å². The minimum Gasteiger partial charge on any atom is -0.272 e. The lowest BCUT2D eigenvalue weighted by molar-refractivity contribution is -0.120. The van der Waals surface area contributed by atoms with Crippen molar-refractivity contribution in [3.05, 3.63) is 66.0 Å². The molecular formula is C16H17N3OS. The number of aromatic nitrogens is 1. The molecule has 1 amide bonds. The summed E-state index contributed by atoms with van der Waals surface area (Å²) in [5.41, 5.74) is 4.67. The van der Waals surface area contributed by atoms with Crippen LogP contribution in [0.5, 0.6) is 0 Å². The topological polar surface area (TPSA) is 54.4 Å². The Morgan fingerprint density at radius 2 is 2.00 bits per heavy atom. The number of thioether (sulfide) groups is 1. The predicted molar refractivity (Wildman–Crippen MR) is 87.2 cm³/mol. The van der Waals surface area contributed by atoms with Crippen LogP contribution in [0.25, 0.3) is 0 Å². The van der Waals surface area contributed by atoms with E-state index in [4.69, 9.17) is 0 Å². The Hall–Kier alpha value is -2.14. The molecule has 1 aromatic heterocycles. The highest BCUT2D eigenvalue weighted by Gasteiger charge is 2.12. The summed E-state index contributed by atoms with van der Waals surface area (Å²) in [6.07, 6.45) is 4.97. The van der Waals surface area contributed by atoms with E-state index in [1.807, 2.05) is 37.3 Å². The standard InChI is InChI=1S/C16H17N3OS/c1-13(21-12-15-5-3-2-4-6-15)16(20)19-18-11-14-7-9-17-10-8-14/h2-11,13H,12H2,1H3,(H,19,20)/b18-11-/t13-/m1/s1. The molecule has 0 spiro atoms. The van der Waals surface area contributed by atoms with E-state index in [-0.39, 0.29) is 11.2 Å². The van der Waals surface area contributed by atoms with Gasteiger partial charge in [-0.05, 0) is 30.2 Å². The Morgan fingerprint density at radius 1 is 1.29 bits per heavy atom. The number of benzene rings is 1. The summed E-state index contributed by atoms with van der Waals surface area (Å²) >= 11 is 1.59. The lowest BCUT2D eigenvalue weighted by Gasteiger charge is -2.09. The van der Waals surface area contributed by atoms with Crippen molar-refractivity contribution in [1.82, 2.24) is 10.4 Å². The van der Waals surface area contributed by atoms with Crippen LogP contribution in [0.1, 0.15) is 18.1 Å². The van der Waals surface area contributed by atoms with E-state index < -0.39 is 0 Å². The molecule has 5 heteroatoms. The average molecular weight is 299 g/mol. The van der Waals surface area contributed by atoms with E-state index in [0.29, 0.717) is 0 Å². The van der Waals surface area contributed by atoms with E-state index in [9.17, 15) is 4.79 Å². The molecule has 0 aliphatic carbocycles. The summed E-state index contributed by atoms with van der Waals surface area (Å²) in [5.74, 6) is 0.713. The van der Waals surface area contributed by atoms with Gasteiger partial charge < -0.3 is 0 Å². The fourth-order valence-corrected chi connectivity index (χ4v) is 2.42. The first kappa shape index (κ1) is 15.3. The van der Waals surface area contributed by atoms with Crippen molar-refractivity contribution in [2.24, 2.45) is 5.10 Å². The largest absolute Gasteiger partial charge is 0.272 e. The zero-order valence-electron chi connectivity index (χ0n) is 11.8. The molecular weight excluding hydrogens is 282 g/mol. The second-order valence-corrected chi connectivity index (χ2v) is 5.78. The Balaban J connectivity index is 1.76. The summed E-state index contributed by atoms with van der Waals surface area (Å²) in [6, 6.07) is 13.7. The van der Waals surface area contributed by atoms with Gasteiger partial charge in [-0.25, -0.2) is 5.43 Å². The van der Waals surface area contributed by atoms with Gasteiger partial charge in [0.2, 0.25) is 0 Å². The van der Waals surface area contributed by atoms with Gasteiger partial charge in [0.1, 0.15) is 0 Å². The minimum atomic E-state index is -0.153. The van der Waals surface area contributed by atoms with Crippen LogP contribution in [0.2, 0.25) is 0 Å². The zero-order chi connectivity index (χ0) is 14.9. The van der Waals surface area contributed by atoms with Crippen molar-refractivity contribution in [2.45, 2.75) is 17.9 Å². The molecule has 0 aliphatic heterocycles. The van der Waals surface area contributed by atoms with Gasteiger partial charge in [-0.2, -0.15) is 5.10 Å². The van der Waals surface area contributed by atoms with Gasteiger partial charge in [-0.1, -0.05) is 30.3 Å². The normalized spacial score (nSPS) is 12.2. The van der Waals surface area contributed by atoms with Crippen LogP contribution in [0, 0.1) is 0 Å². The highest BCUT2D eigenvalue weighted by molar-refractivity contribution is 7.99. The molecule has 1 aromatic carbocycles. The maximum absolute atomic E-state index is 11.9. The van der Waals surface area contributed by atoms with E-state index in [2.05, 4.69) is 27.6 Å². The third kappa shape index (κ3) is 5.39. The molecule has 21 heavy (non-hydrogen) atoms. The average Bonchev–Trinajstić information content (AvgIpc) is 2.54. The van der Waals surface area contributed by atoms with Crippen molar-refractivity contribution in [3.63, 3.8) is 0 Å². The second-order valence-electron chi connectivity index (χ2n) is 4.45. The molecule has 1 atom stereocenters. The van der Waals surface area contributed by atoms with Gasteiger partial charge in [0, 0.05) is 18.1 Å². The molecule has 2 rings (SSSR count). The first-order valence-corrected chi connectivity index (χ1v) is 7.69. The van der Waals surface area contributed by atoms with E-state index in [1.54, 1.807) is 30.4 Å². The van der Waals surface area contributed by atoms with Crippen LogP contribution in [0.3, 0.4) is 0 Å². The minimum absolute atomic E-state index is 0.0961. The van der Waals surface area contributed by atoms with Crippen LogP contribution >= 0.6 is 11.8 Å². The van der Waals surface area contributed by atoms with E-state index in [1.165, 1.54) is 5.56 Å². The number of pyridine rings is 1. The number of nitrogens with one attached hydrogen (secondary N) is 1. The molecule has 0 bridgehead atoms. The number of hydrazone groups is 1. The number of amides is 1. The van der Waals surface area contributed by atoms with E-state index in [0.717, 1.165) is 11.3 Å². The highest BCUT2D eigenvalue weighted by Crippen LogP contribution is 2.17. The molecule has 108 valence electrons. The lowest BCUT2D eigenvalue weighted by atomic mass is 10.2. The Bertz CT molecular complexity index is 587. The molecule has 0 saturated heterocycles. The van der Waals surface area contributed by atoms with Gasteiger partial charge in [-0.3, -0.25) is 9.78 Å². The molecule has 1 heterocycles. The molecule has 4 nitrogen and oxygen atoms in total. The Labute approximate surface area is 128 Å². The van der Waals surface area contributed by atoms with Crippen molar-refractivity contribution in [3.8, 4) is 0 Å². The lowest BCUT2D eigenvalue weighted by Crippen LogP contribution is -2.26. The fraction of sp³-hybridized carbons (Fsp3) is 0.188. The summed E-state index contributed by atoms with van der Waals surface area (Å²) < 4.78 is 0. The quantitative estimate of drug-likeness (QED) is 0.659. The summed E-state index contributed by atoms with van der Waals surface area (Å²) in [7, 11) is 0. The maximum atomic E-state index is 11.9. The summed E-state index contributed by atoms with van der Waals surface area (Å²) in [6.45, 7) is 1.88. The van der Waals surface area contributed by atoms with Crippen LogP contribution in [-0.2, 0) is 10.5 Å². The van der Waals surface area contributed by atoms with Crippen LogP contribution in [0.15, 0.2) is 60.0 Å². The summed E-state index contributed by atoms with van der Waals surface area (Å²) in [4.78, 5) is 15.8. The number of hydrogen-bond donors (Lipinski definition) is 1. The van der Waals surface area contributed by atoms with Gasteiger partial charge in [0.05, 0.1) is 11.5 Å². The molecule has 0 radical (unpaired) electrons. The first-order valence-electron chi connectivity index (χ1n) is 6.64. The maximum Gasteiger partial charge on any atom is 0.252 e. The van der Waals surface area contributed by atoms with Gasteiger partial charge in [0.25, 0.3) is 5.91 Å². The number of hydrogen-bond acceptors (Lipinski definition) is 4. The van der Waals surface area contributed by atoms with Gasteiger partial charge in [-0.15, -0.1) is 11.8 Å². The van der Waals surface area contributed by atoms with Crippen molar-refractivity contribution in [2.75, 3.05) is 0 Å². The number of rotatable bonds is 6. The van der Waals surface area contributed by atoms with Crippen molar-refractivity contribution in [1.29, 1.82) is 0 Å². The Kier molecular flexibility index (Phi) is 5.97. The van der Waals surface area contributed by atoms with Crippen molar-refractivity contribution >= 4 is 23.9 Å². The monoisotopic (exact) mass is 299 g/mol. The molecule has 2 aromatic rings. The molecule has 1 N–H and O–H groups in total.